The van der Waals surface area contributed by atoms with Gasteiger partial charge in [-0.3, -0.25) is 9.59 Å². The third-order valence-electron chi connectivity index (χ3n) is 3.70. The molecular weight excluding hydrogens is 262 g/mol. The number of carbonyl (C=O) groups is 2. The Kier molecular flexibility index (Phi) is 4.53. The third-order valence-corrected chi connectivity index (χ3v) is 3.70. The molecule has 0 aliphatic rings. The number of hydrogen-bond acceptors (Lipinski definition) is 2. The van der Waals surface area contributed by atoms with Crippen LogP contribution < -0.4 is 5.73 Å². The molecule has 0 fully saturated rings. The van der Waals surface area contributed by atoms with Crippen molar-refractivity contribution in [3.63, 3.8) is 0 Å². The molecule has 21 heavy (non-hydrogen) atoms. The van der Waals surface area contributed by atoms with Crippen LogP contribution in [0.5, 0.6) is 0 Å². The van der Waals surface area contributed by atoms with Crippen molar-refractivity contribution in [1.82, 2.24) is 0 Å². The summed E-state index contributed by atoms with van der Waals surface area (Å²) in [6, 6.07) is 14.6. The maximum Gasteiger partial charge on any atom is 0.224 e. The van der Waals surface area contributed by atoms with Crippen LogP contribution in [0.3, 0.4) is 0 Å². The predicted molar refractivity (Wildman–Crippen MR) is 83.3 cm³/mol. The van der Waals surface area contributed by atoms with E-state index in [0.29, 0.717) is 17.5 Å². The van der Waals surface area contributed by atoms with Crippen LogP contribution in [-0.4, -0.2) is 11.7 Å². The first-order chi connectivity index (χ1) is 10.0. The molecule has 0 aliphatic heterocycles. The lowest BCUT2D eigenvalue weighted by Gasteiger charge is -2.15. The lowest BCUT2D eigenvalue weighted by molar-refractivity contribution is -0.119. The van der Waals surface area contributed by atoms with Crippen molar-refractivity contribution < 1.29 is 9.59 Å². The smallest absolute Gasteiger partial charge is 0.224 e. The summed E-state index contributed by atoms with van der Waals surface area (Å²) >= 11 is 0. The lowest BCUT2D eigenvalue weighted by atomic mass is 9.89. The van der Waals surface area contributed by atoms with Gasteiger partial charge < -0.3 is 5.73 Å². The molecule has 0 aliphatic carbocycles. The zero-order valence-corrected chi connectivity index (χ0v) is 12.3. The van der Waals surface area contributed by atoms with E-state index in [1.807, 2.05) is 38.1 Å². The Labute approximate surface area is 124 Å². The summed E-state index contributed by atoms with van der Waals surface area (Å²) in [4.78, 5) is 24.0. The Balaban J connectivity index is 2.43. The minimum Gasteiger partial charge on any atom is -0.369 e. The Hall–Kier alpha value is -2.42. The van der Waals surface area contributed by atoms with Gasteiger partial charge in [-0.15, -0.1) is 0 Å². The van der Waals surface area contributed by atoms with E-state index in [9.17, 15) is 9.59 Å². The monoisotopic (exact) mass is 281 g/mol. The molecule has 0 heterocycles. The largest absolute Gasteiger partial charge is 0.369 e. The number of amides is 1. The quantitative estimate of drug-likeness (QED) is 0.855. The number of benzene rings is 2. The normalized spacial score (nSPS) is 11.9. The van der Waals surface area contributed by atoms with Crippen LogP contribution in [0, 0.1) is 6.92 Å². The summed E-state index contributed by atoms with van der Waals surface area (Å²) in [5.74, 6) is -0.755. The molecule has 1 unspecified atom stereocenters. The van der Waals surface area contributed by atoms with Gasteiger partial charge in [0, 0.05) is 11.1 Å². The summed E-state index contributed by atoms with van der Waals surface area (Å²) in [6.07, 6.45) is 0.624. The Morgan fingerprint density at radius 2 is 1.71 bits per heavy atom. The summed E-state index contributed by atoms with van der Waals surface area (Å²) < 4.78 is 0. The second kappa shape index (κ2) is 6.35. The third kappa shape index (κ3) is 3.19. The molecule has 0 aromatic heterocycles. The molecule has 2 aromatic carbocycles. The van der Waals surface area contributed by atoms with Gasteiger partial charge >= 0.3 is 0 Å². The standard InChI is InChI=1S/C18H19NO2/c1-3-15(18(19)21)16-11-14(10-9-12(16)2)17(20)13-7-5-4-6-8-13/h4-11,15H,3H2,1-2H3,(H2,19,21). The second-order valence-electron chi connectivity index (χ2n) is 5.13. The average molecular weight is 281 g/mol. The zero-order chi connectivity index (χ0) is 15.4. The fourth-order valence-corrected chi connectivity index (χ4v) is 2.49. The molecule has 3 heteroatoms. The van der Waals surface area contributed by atoms with Crippen LogP contribution in [0.2, 0.25) is 0 Å². The van der Waals surface area contributed by atoms with E-state index < -0.39 is 0 Å². The van der Waals surface area contributed by atoms with Crippen LogP contribution >= 0.6 is 0 Å². The molecule has 2 N–H and O–H groups in total. The minimum atomic E-state index is -0.357. The first-order valence-corrected chi connectivity index (χ1v) is 7.04. The van der Waals surface area contributed by atoms with E-state index in [4.69, 9.17) is 5.73 Å². The second-order valence-corrected chi connectivity index (χ2v) is 5.13. The molecule has 0 saturated carbocycles. The number of primary amides is 1. The van der Waals surface area contributed by atoms with Gasteiger partial charge in [-0.25, -0.2) is 0 Å². The van der Waals surface area contributed by atoms with Crippen molar-refractivity contribution in [2.75, 3.05) is 0 Å². The molecule has 2 rings (SSSR count). The number of nitrogens with two attached hydrogens (primary N) is 1. The fourth-order valence-electron chi connectivity index (χ4n) is 2.49. The van der Waals surface area contributed by atoms with Gasteiger partial charge in [-0.2, -0.15) is 0 Å². The van der Waals surface area contributed by atoms with Gasteiger partial charge in [-0.1, -0.05) is 49.4 Å². The highest BCUT2D eigenvalue weighted by Crippen LogP contribution is 2.25. The number of aryl methyl sites for hydroxylation is 1. The molecule has 0 spiro atoms. The topological polar surface area (TPSA) is 60.2 Å². The lowest BCUT2D eigenvalue weighted by Crippen LogP contribution is -2.22. The van der Waals surface area contributed by atoms with Gasteiger partial charge in [0.05, 0.1) is 5.92 Å². The summed E-state index contributed by atoms with van der Waals surface area (Å²) in [5, 5.41) is 0. The number of carbonyl (C=O) groups excluding carboxylic acids is 2. The minimum absolute atomic E-state index is 0.0452. The maximum absolute atomic E-state index is 12.5. The van der Waals surface area contributed by atoms with Gasteiger partial charge in [0.2, 0.25) is 5.91 Å². The molecule has 108 valence electrons. The van der Waals surface area contributed by atoms with E-state index in [2.05, 4.69) is 0 Å². The number of ketones is 1. The molecule has 0 saturated heterocycles. The molecule has 3 nitrogen and oxygen atoms in total. The van der Waals surface area contributed by atoms with Crippen molar-refractivity contribution in [2.24, 2.45) is 5.73 Å². The Morgan fingerprint density at radius 3 is 2.29 bits per heavy atom. The van der Waals surface area contributed by atoms with Crippen LogP contribution in [0.1, 0.15) is 46.3 Å². The van der Waals surface area contributed by atoms with E-state index in [1.165, 1.54) is 0 Å². The van der Waals surface area contributed by atoms with E-state index in [1.54, 1.807) is 24.3 Å². The molecule has 0 bridgehead atoms. The summed E-state index contributed by atoms with van der Waals surface area (Å²) in [6.45, 7) is 3.85. The van der Waals surface area contributed by atoms with Gasteiger partial charge in [0.1, 0.15) is 0 Å². The van der Waals surface area contributed by atoms with Crippen LogP contribution in [0.4, 0.5) is 0 Å². The number of rotatable bonds is 5. The SMILES string of the molecule is CCC(C(N)=O)c1cc(C(=O)c2ccccc2)ccc1C. The summed E-state index contributed by atoms with van der Waals surface area (Å²) in [7, 11) is 0. The molecular formula is C18H19NO2. The van der Waals surface area contributed by atoms with Crippen molar-refractivity contribution >= 4 is 11.7 Å². The van der Waals surface area contributed by atoms with Crippen molar-refractivity contribution in [3.05, 3.63) is 70.8 Å². The molecule has 0 radical (unpaired) electrons. The van der Waals surface area contributed by atoms with E-state index in [-0.39, 0.29) is 17.6 Å². The van der Waals surface area contributed by atoms with E-state index in [0.717, 1.165) is 11.1 Å². The highest BCUT2D eigenvalue weighted by Gasteiger charge is 2.19. The zero-order valence-electron chi connectivity index (χ0n) is 12.3. The van der Waals surface area contributed by atoms with Crippen molar-refractivity contribution in [1.29, 1.82) is 0 Å². The first-order valence-electron chi connectivity index (χ1n) is 7.04. The highest BCUT2D eigenvalue weighted by atomic mass is 16.1. The average Bonchev–Trinajstić information content (AvgIpc) is 2.49. The van der Waals surface area contributed by atoms with Crippen LogP contribution in [0.25, 0.3) is 0 Å². The highest BCUT2D eigenvalue weighted by molar-refractivity contribution is 6.09. The van der Waals surface area contributed by atoms with Crippen LogP contribution in [-0.2, 0) is 4.79 Å². The van der Waals surface area contributed by atoms with Gasteiger partial charge in [0.25, 0.3) is 0 Å². The first kappa shape index (κ1) is 15.0. The fraction of sp³-hybridized carbons (Fsp3) is 0.222. The molecule has 2 aromatic rings. The maximum atomic E-state index is 12.5. The Bertz CT molecular complexity index is 662. The summed E-state index contributed by atoms with van der Waals surface area (Å²) in [5.41, 5.74) is 8.50. The van der Waals surface area contributed by atoms with Gasteiger partial charge in [-0.05, 0) is 30.5 Å². The molecule has 1 amide bonds. The molecule has 1 atom stereocenters. The van der Waals surface area contributed by atoms with Crippen molar-refractivity contribution in [3.8, 4) is 0 Å². The van der Waals surface area contributed by atoms with Crippen molar-refractivity contribution in [2.45, 2.75) is 26.2 Å². The number of hydrogen-bond donors (Lipinski definition) is 1. The predicted octanol–water partition coefficient (Wildman–Crippen LogP) is 3.20. The van der Waals surface area contributed by atoms with Crippen LogP contribution in [0.15, 0.2) is 48.5 Å². The van der Waals surface area contributed by atoms with E-state index >= 15 is 0 Å². The van der Waals surface area contributed by atoms with Gasteiger partial charge in [0.15, 0.2) is 5.78 Å². The Morgan fingerprint density at radius 1 is 1.05 bits per heavy atom.